The number of fused-ring (bicyclic) bond motifs is 15. The van der Waals surface area contributed by atoms with Gasteiger partial charge in [-0.25, -0.2) is 0 Å². The second kappa shape index (κ2) is 15.6. The maximum absolute atomic E-state index is 7.12. The summed E-state index contributed by atoms with van der Waals surface area (Å²) in [6, 6.07) is 75.8. The van der Waals surface area contributed by atoms with E-state index in [0.29, 0.717) is 0 Å². The molecule has 2 aliphatic heterocycles. The summed E-state index contributed by atoms with van der Waals surface area (Å²) in [6.07, 6.45) is 1.62. The molecule has 2 aliphatic rings. The van der Waals surface area contributed by atoms with Crippen LogP contribution in [0.5, 0.6) is 0 Å². The molecule has 11 aromatic carbocycles. The van der Waals surface area contributed by atoms with Crippen LogP contribution in [0.3, 0.4) is 0 Å². The maximum Gasteiger partial charge on any atom is 0.333 e. The fourth-order valence-electron chi connectivity index (χ4n) is 13.2. The van der Waals surface area contributed by atoms with Gasteiger partial charge in [0.25, 0.3) is 0 Å². The van der Waals surface area contributed by atoms with E-state index in [0.717, 1.165) is 35.1 Å². The van der Waals surface area contributed by atoms with Gasteiger partial charge in [-0.15, -0.1) is 0 Å². The first-order valence-electron chi connectivity index (χ1n) is 26.4. The third-order valence-corrected chi connectivity index (χ3v) is 16.7. The number of anilines is 3. The predicted octanol–water partition coefficient (Wildman–Crippen LogP) is 17.3. The smallest absolute Gasteiger partial charge is 0.333 e. The van der Waals surface area contributed by atoms with Gasteiger partial charge in [0.15, 0.2) is 0 Å². The summed E-state index contributed by atoms with van der Waals surface area (Å²) in [5.41, 5.74) is 20.8. The Kier molecular flexibility index (Phi) is 9.11. The summed E-state index contributed by atoms with van der Waals surface area (Å²) < 4.78 is 9.86. The van der Waals surface area contributed by atoms with Crippen molar-refractivity contribution in [1.82, 2.24) is 4.48 Å². The minimum atomic E-state index is -0.175. The molecule has 2 aromatic heterocycles. The van der Waals surface area contributed by atoms with Gasteiger partial charge in [0, 0.05) is 61.3 Å². The van der Waals surface area contributed by atoms with Crippen LogP contribution in [-0.4, -0.2) is 11.3 Å². The largest absolute Gasteiger partial charge is 0.456 e. The van der Waals surface area contributed by atoms with E-state index in [2.05, 4.69) is 251 Å². The highest BCUT2D eigenvalue weighted by molar-refractivity contribution is 6.90. The molecule has 0 N–H and O–H groups in total. The normalized spacial score (nSPS) is 13.3. The van der Waals surface area contributed by atoms with Gasteiger partial charge in [0.05, 0.1) is 0 Å². The zero-order valence-electron chi connectivity index (χ0n) is 42.8. The number of furan rings is 1. The Balaban J connectivity index is 1.18. The molecule has 74 heavy (non-hydrogen) atoms. The molecule has 4 heterocycles. The number of para-hydroxylation sites is 2. The number of nitrogens with zero attached hydrogens (tertiary/aromatic N) is 2. The molecule has 13 aromatic rings. The van der Waals surface area contributed by atoms with Crippen molar-refractivity contribution in [3.63, 3.8) is 0 Å². The molecule has 0 spiro atoms. The zero-order chi connectivity index (χ0) is 49.8. The predicted molar refractivity (Wildman–Crippen MR) is 316 cm³/mol. The molecule has 354 valence electrons. The minimum absolute atomic E-state index is 0.105. The number of hydrogen-bond donors (Lipinski definition) is 0. The summed E-state index contributed by atoms with van der Waals surface area (Å²) in [5.74, 6) is 0. The Bertz CT molecular complexity index is 4480. The van der Waals surface area contributed by atoms with E-state index in [9.17, 15) is 0 Å². The van der Waals surface area contributed by atoms with Crippen molar-refractivity contribution >= 4 is 111 Å². The Morgan fingerprint density at radius 3 is 1.65 bits per heavy atom. The van der Waals surface area contributed by atoms with E-state index in [1.165, 1.54) is 126 Å². The lowest BCUT2D eigenvalue weighted by atomic mass is 9.44. The van der Waals surface area contributed by atoms with E-state index in [-0.39, 0.29) is 17.7 Å². The van der Waals surface area contributed by atoms with Crippen molar-refractivity contribution < 1.29 is 4.42 Å². The lowest BCUT2D eigenvalue weighted by molar-refractivity contribution is 0.569. The summed E-state index contributed by atoms with van der Waals surface area (Å²) in [7, 11) is 0. The van der Waals surface area contributed by atoms with Gasteiger partial charge in [0.2, 0.25) is 0 Å². The van der Waals surface area contributed by atoms with Crippen LogP contribution in [0.25, 0.3) is 87.2 Å². The van der Waals surface area contributed by atoms with Crippen LogP contribution in [0.1, 0.15) is 74.9 Å². The Hall–Kier alpha value is -8.34. The Labute approximate surface area is 432 Å². The summed E-state index contributed by atoms with van der Waals surface area (Å²) >= 11 is 0. The summed E-state index contributed by atoms with van der Waals surface area (Å²) in [5, 5.41) is 12.7. The standard InChI is InChI=1S/C70H55BN2O/c1-69(2,3)45-36-46(70(4,5)6)38-47(37-45)72-60-40-56-54(34-43-23-11-8-12-24-43)50-28-16-15-27-49(50)53(33-42-21-9-7-10-22-42)55(56)39-58(60)71-67-61(72)41-63-65(52-30-18-20-32-62(52)74-63)66(67)57-35-44-25-13-14-26-48(44)64-51-29-17-19-31-59(51)73(71)68(57)64/h7-32,35-41H,33-34H2,1-6H3. The fraction of sp³-hybridized carbons (Fsp3) is 0.143. The second-order valence-electron chi connectivity index (χ2n) is 23.2. The molecule has 3 nitrogen and oxygen atoms in total. The highest BCUT2D eigenvalue weighted by Gasteiger charge is 2.45. The lowest BCUT2D eigenvalue weighted by Crippen LogP contribution is -2.56. The number of hydrogen-bond acceptors (Lipinski definition) is 2. The average molecular weight is 951 g/mol. The highest BCUT2D eigenvalue weighted by atomic mass is 16.3. The molecule has 0 unspecified atom stereocenters. The SMILES string of the molecule is CC(C)(C)c1cc(N2c3cc4c(Cc5ccccc5)c5ccccc5c(Cc5ccccc5)c4cc3B3c4c2cc2oc5ccccc5c2c4-c2cc4ccccc4c4c5ccccc5n3c24)cc(C(C)(C)C)c1. The quantitative estimate of drug-likeness (QED) is 0.127. The van der Waals surface area contributed by atoms with Gasteiger partial charge in [-0.3, -0.25) is 0 Å². The molecule has 0 atom stereocenters. The van der Waals surface area contributed by atoms with Gasteiger partial charge < -0.3 is 13.8 Å². The molecule has 0 saturated heterocycles. The Morgan fingerprint density at radius 1 is 0.446 bits per heavy atom. The van der Waals surface area contributed by atoms with E-state index in [1.807, 2.05) is 0 Å². The van der Waals surface area contributed by atoms with Crippen molar-refractivity contribution in [3.8, 4) is 11.1 Å². The fourth-order valence-corrected chi connectivity index (χ4v) is 13.2. The van der Waals surface area contributed by atoms with E-state index >= 15 is 0 Å². The molecular weight excluding hydrogens is 896 g/mol. The molecule has 0 aliphatic carbocycles. The van der Waals surface area contributed by atoms with Crippen molar-refractivity contribution in [2.45, 2.75) is 65.2 Å². The van der Waals surface area contributed by atoms with Crippen LogP contribution >= 0.6 is 0 Å². The van der Waals surface area contributed by atoms with Gasteiger partial charge >= 0.3 is 6.85 Å². The minimum Gasteiger partial charge on any atom is -0.456 e. The van der Waals surface area contributed by atoms with Gasteiger partial charge in [-0.2, -0.15) is 0 Å². The second-order valence-corrected chi connectivity index (χ2v) is 23.2. The van der Waals surface area contributed by atoms with Crippen LogP contribution in [0, 0.1) is 0 Å². The molecule has 0 radical (unpaired) electrons. The molecular formula is C70H55BN2O. The van der Waals surface area contributed by atoms with Crippen LogP contribution in [0.15, 0.2) is 205 Å². The zero-order valence-corrected chi connectivity index (χ0v) is 42.8. The third kappa shape index (κ3) is 6.27. The number of rotatable bonds is 5. The van der Waals surface area contributed by atoms with Crippen molar-refractivity contribution in [2.75, 3.05) is 4.90 Å². The number of benzene rings is 11. The van der Waals surface area contributed by atoms with Crippen LogP contribution in [0.4, 0.5) is 17.1 Å². The monoisotopic (exact) mass is 950 g/mol. The summed E-state index contributed by atoms with van der Waals surface area (Å²) in [4.78, 5) is 2.65. The van der Waals surface area contributed by atoms with Crippen LogP contribution in [-0.2, 0) is 23.7 Å². The first-order chi connectivity index (χ1) is 36.0. The molecule has 0 amide bonds. The summed E-state index contributed by atoms with van der Waals surface area (Å²) in [6.45, 7) is 14.0. The molecule has 4 heteroatoms. The van der Waals surface area contributed by atoms with Crippen LogP contribution in [0.2, 0.25) is 0 Å². The van der Waals surface area contributed by atoms with E-state index in [4.69, 9.17) is 4.42 Å². The Morgan fingerprint density at radius 2 is 1.00 bits per heavy atom. The average Bonchev–Trinajstić information content (AvgIpc) is 4.01. The number of aromatic nitrogens is 1. The van der Waals surface area contributed by atoms with Crippen molar-refractivity contribution in [1.29, 1.82) is 0 Å². The third-order valence-electron chi connectivity index (χ3n) is 16.7. The van der Waals surface area contributed by atoms with Gasteiger partial charge in [-0.1, -0.05) is 199 Å². The first-order valence-corrected chi connectivity index (χ1v) is 26.4. The lowest BCUT2D eigenvalue weighted by Gasteiger charge is -2.42. The topological polar surface area (TPSA) is 21.3 Å². The van der Waals surface area contributed by atoms with E-state index in [1.54, 1.807) is 0 Å². The molecule has 15 rings (SSSR count). The molecule has 0 fully saturated rings. The molecule has 0 saturated carbocycles. The molecule has 0 bridgehead atoms. The van der Waals surface area contributed by atoms with Gasteiger partial charge in [-0.05, 0) is 142 Å². The van der Waals surface area contributed by atoms with Crippen molar-refractivity contribution in [3.05, 3.63) is 234 Å². The van der Waals surface area contributed by atoms with Crippen LogP contribution < -0.4 is 15.8 Å². The highest BCUT2D eigenvalue weighted by Crippen LogP contribution is 2.52. The maximum atomic E-state index is 7.12. The van der Waals surface area contributed by atoms with Gasteiger partial charge in [0.1, 0.15) is 11.2 Å². The van der Waals surface area contributed by atoms with E-state index < -0.39 is 0 Å². The van der Waals surface area contributed by atoms with Crippen molar-refractivity contribution in [2.24, 2.45) is 0 Å². The first kappa shape index (κ1) is 43.3.